The van der Waals surface area contributed by atoms with E-state index in [1.165, 1.54) is 89.9 Å². The molecule has 0 radical (unpaired) electrons. The van der Waals surface area contributed by atoms with Crippen molar-refractivity contribution in [1.82, 2.24) is 0 Å². The van der Waals surface area contributed by atoms with Crippen LogP contribution < -0.4 is 69.3 Å². The zero-order valence-corrected chi connectivity index (χ0v) is 24.8. The molecular formula is C24H46Na2O4. The molecule has 0 bridgehead atoms. The van der Waals surface area contributed by atoms with E-state index in [4.69, 9.17) is 0 Å². The largest absolute Gasteiger partial charge is 1.00 e. The number of carboxylic acid groups (broad SMARTS) is 2. The van der Waals surface area contributed by atoms with E-state index in [1.54, 1.807) is 0 Å². The molecule has 0 N–H and O–H groups in total. The van der Waals surface area contributed by atoms with Crippen molar-refractivity contribution in [3.8, 4) is 0 Å². The molecule has 0 aromatic carbocycles. The zero-order chi connectivity index (χ0) is 21.3. The van der Waals surface area contributed by atoms with Gasteiger partial charge in [0.05, 0.1) is 0 Å². The SMILES string of the molecule is CCCCCCCCCCCC(=O)[O-].CCCCCCCCCCCC(=O)[O-].[Na+].[Na+]. The van der Waals surface area contributed by atoms with Crippen LogP contribution in [0.5, 0.6) is 0 Å². The summed E-state index contributed by atoms with van der Waals surface area (Å²) in [7, 11) is 0. The Hall–Kier alpha value is 0.940. The van der Waals surface area contributed by atoms with Crippen molar-refractivity contribution in [1.29, 1.82) is 0 Å². The molecule has 6 heteroatoms. The Kier molecular flexibility index (Phi) is 44.0. The number of unbranched alkanes of at least 4 members (excludes halogenated alkanes) is 16. The summed E-state index contributed by atoms with van der Waals surface area (Å²) < 4.78 is 0. The molecule has 0 aromatic heterocycles. The summed E-state index contributed by atoms with van der Waals surface area (Å²) >= 11 is 0. The van der Waals surface area contributed by atoms with Crippen molar-refractivity contribution in [3.63, 3.8) is 0 Å². The molecule has 0 aliphatic carbocycles. The number of aliphatic carboxylic acids is 2. The molecule has 0 fully saturated rings. The maximum absolute atomic E-state index is 10.1. The summed E-state index contributed by atoms with van der Waals surface area (Å²) in [6, 6.07) is 0. The van der Waals surface area contributed by atoms with Gasteiger partial charge in [0.15, 0.2) is 0 Å². The third-order valence-electron chi connectivity index (χ3n) is 4.97. The summed E-state index contributed by atoms with van der Waals surface area (Å²) in [4.78, 5) is 20.2. The van der Waals surface area contributed by atoms with Crippen LogP contribution in [0.4, 0.5) is 0 Å². The first-order chi connectivity index (χ1) is 13.5. The molecule has 0 rings (SSSR count). The average Bonchev–Trinajstić information content (AvgIpc) is 2.65. The van der Waals surface area contributed by atoms with Gasteiger partial charge in [-0.25, -0.2) is 0 Å². The van der Waals surface area contributed by atoms with Gasteiger partial charge in [-0.3, -0.25) is 0 Å². The molecule has 0 spiro atoms. The summed E-state index contributed by atoms with van der Waals surface area (Å²) in [5.41, 5.74) is 0. The van der Waals surface area contributed by atoms with Crippen molar-refractivity contribution in [2.75, 3.05) is 0 Å². The van der Waals surface area contributed by atoms with Gasteiger partial charge in [0.2, 0.25) is 0 Å². The van der Waals surface area contributed by atoms with E-state index in [-0.39, 0.29) is 72.0 Å². The van der Waals surface area contributed by atoms with Gasteiger partial charge in [-0.15, -0.1) is 0 Å². The minimum absolute atomic E-state index is 0. The Morgan fingerprint density at radius 1 is 0.433 bits per heavy atom. The fourth-order valence-corrected chi connectivity index (χ4v) is 3.16. The Morgan fingerprint density at radius 2 is 0.633 bits per heavy atom. The van der Waals surface area contributed by atoms with E-state index in [1.807, 2.05) is 0 Å². The Labute approximate surface area is 231 Å². The van der Waals surface area contributed by atoms with E-state index >= 15 is 0 Å². The van der Waals surface area contributed by atoms with Gasteiger partial charge in [0.1, 0.15) is 0 Å². The molecule has 0 unspecified atom stereocenters. The van der Waals surface area contributed by atoms with Crippen LogP contribution in [0.15, 0.2) is 0 Å². The third kappa shape index (κ3) is 42.9. The Balaban J connectivity index is -0.000000211. The first-order valence-electron chi connectivity index (χ1n) is 11.9. The molecule has 0 amide bonds. The van der Waals surface area contributed by atoms with Crippen LogP contribution >= 0.6 is 0 Å². The summed E-state index contributed by atoms with van der Waals surface area (Å²) in [6.07, 6.45) is 22.3. The first-order valence-corrected chi connectivity index (χ1v) is 11.9. The number of carboxylic acids is 2. The molecule has 30 heavy (non-hydrogen) atoms. The van der Waals surface area contributed by atoms with Crippen LogP contribution in [0.25, 0.3) is 0 Å². The predicted octanol–water partition coefficient (Wildman–Crippen LogP) is -0.678. The van der Waals surface area contributed by atoms with Crippen LogP contribution in [-0.4, -0.2) is 11.9 Å². The van der Waals surface area contributed by atoms with Crippen LogP contribution in [0.2, 0.25) is 0 Å². The van der Waals surface area contributed by atoms with Crippen molar-refractivity contribution in [3.05, 3.63) is 0 Å². The molecule has 0 saturated carbocycles. The van der Waals surface area contributed by atoms with Crippen LogP contribution in [0, 0.1) is 0 Å². The van der Waals surface area contributed by atoms with Gasteiger partial charge in [0, 0.05) is 11.9 Å². The van der Waals surface area contributed by atoms with Crippen LogP contribution in [-0.2, 0) is 9.59 Å². The van der Waals surface area contributed by atoms with Gasteiger partial charge in [0.25, 0.3) is 0 Å². The average molecular weight is 445 g/mol. The summed E-state index contributed by atoms with van der Waals surface area (Å²) in [6.45, 7) is 4.44. The Morgan fingerprint density at radius 3 is 0.833 bits per heavy atom. The maximum atomic E-state index is 10.1. The quantitative estimate of drug-likeness (QED) is 0.184. The van der Waals surface area contributed by atoms with Crippen molar-refractivity contribution >= 4 is 11.9 Å². The van der Waals surface area contributed by atoms with E-state index in [0.717, 1.165) is 25.7 Å². The number of carbonyl (C=O) groups is 2. The van der Waals surface area contributed by atoms with E-state index < -0.39 is 11.9 Å². The molecule has 0 aromatic rings. The normalized spacial score (nSPS) is 9.67. The summed E-state index contributed by atoms with van der Waals surface area (Å²) in [5, 5.41) is 20.2. The fraction of sp³-hybridized carbons (Fsp3) is 0.917. The number of rotatable bonds is 20. The van der Waals surface area contributed by atoms with Crippen molar-refractivity contribution in [2.45, 2.75) is 142 Å². The molecule has 4 nitrogen and oxygen atoms in total. The van der Waals surface area contributed by atoms with Crippen LogP contribution in [0.1, 0.15) is 142 Å². The fourth-order valence-electron chi connectivity index (χ4n) is 3.16. The number of hydrogen-bond donors (Lipinski definition) is 0. The standard InChI is InChI=1S/2C12H24O2.2Na/c2*1-2-3-4-5-6-7-8-9-10-11-12(13)14;;/h2*2-11H2,1H3,(H,13,14);;/q;;2*+1/p-2. The second kappa shape index (κ2) is 34.6. The van der Waals surface area contributed by atoms with E-state index in [9.17, 15) is 19.8 Å². The minimum atomic E-state index is -0.909. The zero-order valence-electron chi connectivity index (χ0n) is 20.8. The number of carbonyl (C=O) groups excluding carboxylic acids is 2. The van der Waals surface area contributed by atoms with Crippen molar-refractivity contribution in [2.24, 2.45) is 0 Å². The number of hydrogen-bond acceptors (Lipinski definition) is 4. The van der Waals surface area contributed by atoms with Gasteiger partial charge < -0.3 is 19.8 Å². The van der Waals surface area contributed by atoms with Gasteiger partial charge >= 0.3 is 59.1 Å². The van der Waals surface area contributed by atoms with Crippen molar-refractivity contribution < 1.29 is 78.9 Å². The topological polar surface area (TPSA) is 80.3 Å². The van der Waals surface area contributed by atoms with Crippen LogP contribution in [0.3, 0.4) is 0 Å². The molecule has 0 atom stereocenters. The van der Waals surface area contributed by atoms with E-state index in [0.29, 0.717) is 0 Å². The van der Waals surface area contributed by atoms with Gasteiger partial charge in [-0.2, -0.15) is 0 Å². The van der Waals surface area contributed by atoms with E-state index in [2.05, 4.69) is 13.8 Å². The minimum Gasteiger partial charge on any atom is -0.550 e. The molecule has 0 aliphatic heterocycles. The smallest absolute Gasteiger partial charge is 0.550 e. The first kappa shape index (κ1) is 38.2. The Bertz CT molecular complexity index is 307. The van der Waals surface area contributed by atoms with Gasteiger partial charge in [-0.1, -0.05) is 117 Å². The maximum Gasteiger partial charge on any atom is 1.00 e. The molecule has 0 saturated heterocycles. The third-order valence-corrected chi connectivity index (χ3v) is 4.97. The second-order valence-corrected chi connectivity index (χ2v) is 7.90. The predicted molar refractivity (Wildman–Crippen MR) is 114 cm³/mol. The molecule has 0 aliphatic rings. The van der Waals surface area contributed by atoms with Gasteiger partial charge in [-0.05, 0) is 25.7 Å². The monoisotopic (exact) mass is 444 g/mol. The summed E-state index contributed by atoms with van der Waals surface area (Å²) in [5.74, 6) is -1.82. The molecule has 0 heterocycles. The molecular weight excluding hydrogens is 398 g/mol. The molecule has 168 valence electrons. The second-order valence-electron chi connectivity index (χ2n) is 7.90.